The van der Waals surface area contributed by atoms with Gasteiger partial charge in [-0.3, -0.25) is 9.59 Å². The van der Waals surface area contributed by atoms with E-state index >= 15 is 0 Å². The van der Waals surface area contributed by atoms with E-state index in [1.807, 2.05) is 20.8 Å². The van der Waals surface area contributed by atoms with E-state index in [1.54, 1.807) is 0 Å². The van der Waals surface area contributed by atoms with Crippen molar-refractivity contribution in [2.45, 2.75) is 71.3 Å². The molecule has 0 aliphatic rings. The Labute approximate surface area is 143 Å². The lowest BCUT2D eigenvalue weighted by atomic mass is 9.95. The first-order valence-electron chi connectivity index (χ1n) is 8.60. The number of carbonyl (C=O) groups is 3. The highest BCUT2D eigenvalue weighted by atomic mass is 16.6. The standard InChI is InChI=1S/C17H30O7/c1-4-7-10-23-15(19)13-17(21,12-14(18)22-9-6-3)16(20)24-11-8-5-2/h21H,4-13H2,1-3H3. The number of carbonyl (C=O) groups excluding carboxylic acids is 3. The highest BCUT2D eigenvalue weighted by molar-refractivity contribution is 5.90. The van der Waals surface area contributed by atoms with Crippen molar-refractivity contribution in [1.29, 1.82) is 0 Å². The van der Waals surface area contributed by atoms with Crippen molar-refractivity contribution in [3.63, 3.8) is 0 Å². The van der Waals surface area contributed by atoms with E-state index in [0.717, 1.165) is 12.8 Å². The summed E-state index contributed by atoms with van der Waals surface area (Å²) in [6.45, 7) is 6.19. The molecule has 0 aromatic carbocycles. The van der Waals surface area contributed by atoms with Crippen LogP contribution in [-0.4, -0.2) is 48.4 Å². The molecule has 0 bridgehead atoms. The average molecular weight is 346 g/mol. The highest BCUT2D eigenvalue weighted by Crippen LogP contribution is 2.20. The largest absolute Gasteiger partial charge is 0.466 e. The zero-order valence-electron chi connectivity index (χ0n) is 15.0. The monoisotopic (exact) mass is 346 g/mol. The zero-order valence-corrected chi connectivity index (χ0v) is 15.0. The van der Waals surface area contributed by atoms with Crippen molar-refractivity contribution in [2.24, 2.45) is 0 Å². The molecule has 24 heavy (non-hydrogen) atoms. The summed E-state index contributed by atoms with van der Waals surface area (Å²) in [7, 11) is 0. The molecular formula is C17H30O7. The summed E-state index contributed by atoms with van der Waals surface area (Å²) >= 11 is 0. The van der Waals surface area contributed by atoms with Gasteiger partial charge in [0.25, 0.3) is 0 Å². The molecule has 0 aliphatic carbocycles. The third-order valence-corrected chi connectivity index (χ3v) is 3.21. The van der Waals surface area contributed by atoms with Crippen molar-refractivity contribution in [3.05, 3.63) is 0 Å². The second kappa shape index (κ2) is 12.8. The van der Waals surface area contributed by atoms with E-state index in [9.17, 15) is 19.5 Å². The number of rotatable bonds is 13. The smallest absolute Gasteiger partial charge is 0.339 e. The number of hydrogen-bond donors (Lipinski definition) is 1. The highest BCUT2D eigenvalue weighted by Gasteiger charge is 2.43. The summed E-state index contributed by atoms with van der Waals surface area (Å²) < 4.78 is 14.8. The van der Waals surface area contributed by atoms with Gasteiger partial charge in [0.1, 0.15) is 0 Å². The SMILES string of the molecule is CCCCOC(=O)CC(O)(CC(=O)OCCC)C(=O)OCCCC. The first kappa shape index (κ1) is 22.4. The van der Waals surface area contributed by atoms with Crippen molar-refractivity contribution in [2.75, 3.05) is 19.8 Å². The molecule has 140 valence electrons. The Bertz CT molecular complexity index is 394. The summed E-state index contributed by atoms with van der Waals surface area (Å²) in [4.78, 5) is 35.7. The minimum Gasteiger partial charge on any atom is -0.466 e. The van der Waals surface area contributed by atoms with Gasteiger partial charge in [-0.2, -0.15) is 0 Å². The van der Waals surface area contributed by atoms with Crippen LogP contribution in [0.5, 0.6) is 0 Å². The van der Waals surface area contributed by atoms with Crippen LogP contribution in [0.4, 0.5) is 0 Å². The van der Waals surface area contributed by atoms with Gasteiger partial charge in [-0.25, -0.2) is 4.79 Å². The Morgan fingerprint density at radius 1 is 0.750 bits per heavy atom. The maximum absolute atomic E-state index is 12.1. The van der Waals surface area contributed by atoms with Gasteiger partial charge in [0, 0.05) is 0 Å². The summed E-state index contributed by atoms with van der Waals surface area (Å²) in [5.74, 6) is -2.51. The number of hydrogen-bond acceptors (Lipinski definition) is 7. The number of unbranched alkanes of at least 4 members (excludes halogenated alkanes) is 2. The molecule has 0 radical (unpaired) electrons. The first-order chi connectivity index (χ1) is 11.4. The summed E-state index contributed by atoms with van der Waals surface area (Å²) in [6, 6.07) is 0. The lowest BCUT2D eigenvalue weighted by molar-refractivity contribution is -0.178. The van der Waals surface area contributed by atoms with E-state index in [-0.39, 0.29) is 19.8 Å². The third-order valence-electron chi connectivity index (χ3n) is 3.21. The minimum absolute atomic E-state index is 0.118. The Balaban J connectivity index is 4.81. The van der Waals surface area contributed by atoms with Gasteiger partial charge in [0.05, 0.1) is 32.7 Å². The second-order valence-corrected chi connectivity index (χ2v) is 5.67. The molecule has 0 aliphatic heterocycles. The van der Waals surface area contributed by atoms with Crippen LogP contribution >= 0.6 is 0 Å². The topological polar surface area (TPSA) is 99.1 Å². The molecular weight excluding hydrogens is 316 g/mol. The van der Waals surface area contributed by atoms with Gasteiger partial charge in [-0.05, 0) is 19.3 Å². The van der Waals surface area contributed by atoms with Gasteiger partial charge < -0.3 is 19.3 Å². The molecule has 0 aromatic rings. The van der Waals surface area contributed by atoms with Crippen LogP contribution in [0.25, 0.3) is 0 Å². The molecule has 1 atom stereocenters. The lowest BCUT2D eigenvalue weighted by Crippen LogP contribution is -2.45. The predicted molar refractivity (Wildman–Crippen MR) is 87.2 cm³/mol. The predicted octanol–water partition coefficient (Wildman–Crippen LogP) is 2.14. The second-order valence-electron chi connectivity index (χ2n) is 5.67. The summed E-state index contributed by atoms with van der Waals surface area (Å²) in [5.41, 5.74) is -2.26. The lowest BCUT2D eigenvalue weighted by Gasteiger charge is -2.24. The fourth-order valence-electron chi connectivity index (χ4n) is 1.78. The van der Waals surface area contributed by atoms with Crippen LogP contribution in [0.3, 0.4) is 0 Å². The fourth-order valence-corrected chi connectivity index (χ4v) is 1.78. The van der Waals surface area contributed by atoms with Gasteiger partial charge in [0.2, 0.25) is 0 Å². The van der Waals surface area contributed by atoms with Crippen LogP contribution in [0.1, 0.15) is 65.7 Å². The molecule has 7 nitrogen and oxygen atoms in total. The molecule has 0 spiro atoms. The van der Waals surface area contributed by atoms with Gasteiger partial charge in [-0.15, -0.1) is 0 Å². The van der Waals surface area contributed by atoms with E-state index < -0.39 is 36.4 Å². The molecule has 0 heterocycles. The van der Waals surface area contributed by atoms with Crippen molar-refractivity contribution in [1.82, 2.24) is 0 Å². The maximum atomic E-state index is 12.1. The van der Waals surface area contributed by atoms with Crippen LogP contribution in [0, 0.1) is 0 Å². The third kappa shape index (κ3) is 9.50. The number of aliphatic hydroxyl groups is 1. The van der Waals surface area contributed by atoms with Gasteiger partial charge >= 0.3 is 17.9 Å². The van der Waals surface area contributed by atoms with Crippen LogP contribution in [-0.2, 0) is 28.6 Å². The van der Waals surface area contributed by atoms with E-state index in [4.69, 9.17) is 14.2 Å². The molecule has 0 saturated carbocycles. The molecule has 1 N–H and O–H groups in total. The fraction of sp³-hybridized carbons (Fsp3) is 0.824. The molecule has 7 heteroatoms. The van der Waals surface area contributed by atoms with E-state index in [1.165, 1.54) is 0 Å². The molecule has 0 fully saturated rings. The summed E-state index contributed by atoms with van der Waals surface area (Å²) in [5, 5.41) is 10.5. The minimum atomic E-state index is -2.26. The Kier molecular flexibility index (Phi) is 11.9. The Morgan fingerprint density at radius 2 is 1.21 bits per heavy atom. The van der Waals surface area contributed by atoms with Gasteiger partial charge in [-0.1, -0.05) is 33.6 Å². The molecule has 0 saturated heterocycles. The Morgan fingerprint density at radius 3 is 1.67 bits per heavy atom. The van der Waals surface area contributed by atoms with Crippen molar-refractivity contribution in [3.8, 4) is 0 Å². The Hall–Kier alpha value is -1.63. The van der Waals surface area contributed by atoms with E-state index in [2.05, 4.69) is 0 Å². The molecule has 1 unspecified atom stereocenters. The first-order valence-corrected chi connectivity index (χ1v) is 8.60. The van der Waals surface area contributed by atoms with E-state index in [0.29, 0.717) is 19.3 Å². The maximum Gasteiger partial charge on any atom is 0.339 e. The van der Waals surface area contributed by atoms with Gasteiger partial charge in [0.15, 0.2) is 5.60 Å². The quantitative estimate of drug-likeness (QED) is 0.310. The molecule has 0 rings (SSSR count). The summed E-state index contributed by atoms with van der Waals surface area (Å²) in [6.07, 6.45) is 2.31. The van der Waals surface area contributed by atoms with Crippen molar-refractivity contribution >= 4 is 17.9 Å². The normalized spacial score (nSPS) is 13.0. The number of esters is 3. The average Bonchev–Trinajstić information content (AvgIpc) is 2.53. The molecule has 0 amide bonds. The van der Waals surface area contributed by atoms with Crippen LogP contribution in [0.2, 0.25) is 0 Å². The van der Waals surface area contributed by atoms with Crippen LogP contribution < -0.4 is 0 Å². The molecule has 0 aromatic heterocycles. The zero-order chi connectivity index (χ0) is 18.4. The number of ether oxygens (including phenoxy) is 3. The van der Waals surface area contributed by atoms with Crippen LogP contribution in [0.15, 0.2) is 0 Å². The van der Waals surface area contributed by atoms with Crippen molar-refractivity contribution < 1.29 is 33.7 Å².